The summed E-state index contributed by atoms with van der Waals surface area (Å²) in [4.78, 5) is 4.39. The molecule has 96 valence electrons. The zero-order valence-corrected chi connectivity index (χ0v) is 11.5. The van der Waals surface area contributed by atoms with E-state index in [1.807, 2.05) is 12.4 Å². The molecule has 2 rings (SSSR count). The number of aryl methyl sites for hydroxylation is 1. The summed E-state index contributed by atoms with van der Waals surface area (Å²) in [5.41, 5.74) is 0.0392. The average molecular weight is 256 g/mol. The molecule has 4 heteroatoms. The van der Waals surface area contributed by atoms with Crippen LogP contribution in [0, 0.1) is 5.92 Å². The molecule has 1 aromatic rings. The number of nitrogens with zero attached hydrogens (tertiary/aromatic N) is 2. The van der Waals surface area contributed by atoms with Crippen LogP contribution < -0.4 is 5.32 Å². The van der Waals surface area contributed by atoms with Crippen LogP contribution >= 0.6 is 11.6 Å². The second-order valence-electron chi connectivity index (χ2n) is 5.28. The topological polar surface area (TPSA) is 29.9 Å². The molecule has 0 aromatic carbocycles. The Morgan fingerprint density at radius 2 is 2.47 bits per heavy atom. The van der Waals surface area contributed by atoms with E-state index in [1.54, 1.807) is 0 Å². The Morgan fingerprint density at radius 3 is 3.12 bits per heavy atom. The van der Waals surface area contributed by atoms with E-state index in [0.717, 1.165) is 31.3 Å². The fourth-order valence-electron chi connectivity index (χ4n) is 2.85. The van der Waals surface area contributed by atoms with Gasteiger partial charge in [-0.15, -0.1) is 11.6 Å². The van der Waals surface area contributed by atoms with Crippen LogP contribution in [0.15, 0.2) is 12.4 Å². The average Bonchev–Trinajstić information content (AvgIpc) is 2.76. The van der Waals surface area contributed by atoms with E-state index in [0.29, 0.717) is 5.88 Å². The van der Waals surface area contributed by atoms with Crippen molar-refractivity contribution in [2.24, 2.45) is 5.92 Å². The maximum absolute atomic E-state index is 6.22. The highest BCUT2D eigenvalue weighted by Gasteiger charge is 2.35. The Bertz CT molecular complexity index is 363. The minimum absolute atomic E-state index is 0.0392. The van der Waals surface area contributed by atoms with E-state index in [1.165, 1.54) is 12.8 Å². The molecule has 1 fully saturated rings. The molecule has 1 aliphatic carbocycles. The Morgan fingerprint density at radius 1 is 1.65 bits per heavy atom. The van der Waals surface area contributed by atoms with Gasteiger partial charge in [-0.1, -0.05) is 19.8 Å². The largest absolute Gasteiger partial charge is 0.349 e. The van der Waals surface area contributed by atoms with E-state index < -0.39 is 0 Å². The Balaban J connectivity index is 2.13. The molecule has 2 unspecified atom stereocenters. The molecule has 1 aliphatic rings. The fraction of sp³-hybridized carbons (Fsp3) is 0.769. The van der Waals surface area contributed by atoms with E-state index >= 15 is 0 Å². The SMILES string of the molecule is CCn1ccnc1NC1(CCl)CCCC(C)C1. The maximum Gasteiger partial charge on any atom is 0.203 e. The standard InChI is InChI=1S/C13H22ClN3/c1-3-17-8-7-15-12(17)16-13(10-14)6-4-5-11(2)9-13/h7-8,11H,3-6,9-10H2,1-2H3,(H,15,16). The monoisotopic (exact) mass is 255 g/mol. The van der Waals surface area contributed by atoms with Crippen LogP contribution in [0.2, 0.25) is 0 Å². The van der Waals surface area contributed by atoms with Crippen LogP contribution in [0.3, 0.4) is 0 Å². The highest BCUT2D eigenvalue weighted by molar-refractivity contribution is 6.18. The molecule has 0 bridgehead atoms. The summed E-state index contributed by atoms with van der Waals surface area (Å²) in [6.45, 7) is 5.38. The summed E-state index contributed by atoms with van der Waals surface area (Å²) in [6, 6.07) is 0. The molecule has 1 aromatic heterocycles. The molecule has 1 N–H and O–H groups in total. The maximum atomic E-state index is 6.22. The van der Waals surface area contributed by atoms with Gasteiger partial charge in [0.15, 0.2) is 0 Å². The number of alkyl halides is 1. The van der Waals surface area contributed by atoms with Crippen molar-refractivity contribution in [3.8, 4) is 0 Å². The van der Waals surface area contributed by atoms with Crippen LogP contribution in [0.5, 0.6) is 0 Å². The molecule has 17 heavy (non-hydrogen) atoms. The molecule has 3 nitrogen and oxygen atoms in total. The first-order valence-electron chi connectivity index (χ1n) is 6.54. The molecule has 0 saturated heterocycles. The van der Waals surface area contributed by atoms with Crippen LogP contribution in [0.4, 0.5) is 5.95 Å². The summed E-state index contributed by atoms with van der Waals surface area (Å²) < 4.78 is 2.13. The van der Waals surface area contributed by atoms with Crippen molar-refractivity contribution in [3.63, 3.8) is 0 Å². The first kappa shape index (κ1) is 12.7. The minimum atomic E-state index is 0.0392. The minimum Gasteiger partial charge on any atom is -0.349 e. The number of aromatic nitrogens is 2. The highest BCUT2D eigenvalue weighted by Crippen LogP contribution is 2.35. The Kier molecular flexibility index (Phi) is 3.97. The molecule has 2 atom stereocenters. The van der Waals surface area contributed by atoms with Gasteiger partial charge in [0.1, 0.15) is 0 Å². The van der Waals surface area contributed by atoms with Gasteiger partial charge in [-0.25, -0.2) is 4.98 Å². The molecular formula is C13H22ClN3. The molecule has 1 saturated carbocycles. The van der Waals surface area contributed by atoms with E-state index in [9.17, 15) is 0 Å². The smallest absolute Gasteiger partial charge is 0.203 e. The van der Waals surface area contributed by atoms with Gasteiger partial charge in [-0.3, -0.25) is 0 Å². The second kappa shape index (κ2) is 5.30. The van der Waals surface area contributed by atoms with Crippen LogP contribution in [-0.2, 0) is 6.54 Å². The van der Waals surface area contributed by atoms with Crippen molar-refractivity contribution in [3.05, 3.63) is 12.4 Å². The van der Waals surface area contributed by atoms with E-state index in [2.05, 4.69) is 28.7 Å². The summed E-state index contributed by atoms with van der Waals surface area (Å²) >= 11 is 6.22. The highest BCUT2D eigenvalue weighted by atomic mass is 35.5. The summed E-state index contributed by atoms with van der Waals surface area (Å²) in [5.74, 6) is 2.37. The summed E-state index contributed by atoms with van der Waals surface area (Å²) in [7, 11) is 0. The van der Waals surface area contributed by atoms with Gasteiger partial charge in [0.25, 0.3) is 0 Å². The van der Waals surface area contributed by atoms with Gasteiger partial charge in [-0.05, 0) is 25.7 Å². The molecule has 0 spiro atoms. The molecule has 1 heterocycles. The number of anilines is 1. The molecule has 0 radical (unpaired) electrons. The predicted molar refractivity (Wildman–Crippen MR) is 72.6 cm³/mol. The zero-order chi connectivity index (χ0) is 12.3. The van der Waals surface area contributed by atoms with E-state index in [4.69, 9.17) is 11.6 Å². The van der Waals surface area contributed by atoms with E-state index in [-0.39, 0.29) is 5.54 Å². The van der Waals surface area contributed by atoms with Gasteiger partial charge in [-0.2, -0.15) is 0 Å². The quantitative estimate of drug-likeness (QED) is 0.835. The van der Waals surface area contributed by atoms with Crippen LogP contribution in [0.1, 0.15) is 39.5 Å². The lowest BCUT2D eigenvalue weighted by atomic mass is 9.77. The Hall–Kier alpha value is -0.700. The first-order chi connectivity index (χ1) is 8.19. The fourth-order valence-corrected chi connectivity index (χ4v) is 3.16. The number of nitrogens with one attached hydrogen (secondary N) is 1. The number of imidazole rings is 1. The predicted octanol–water partition coefficient (Wildman–Crippen LogP) is 3.50. The van der Waals surface area contributed by atoms with Crippen LogP contribution in [0.25, 0.3) is 0 Å². The van der Waals surface area contributed by atoms with Crippen molar-refractivity contribution in [2.75, 3.05) is 11.2 Å². The lowest BCUT2D eigenvalue weighted by Crippen LogP contribution is -2.45. The third-order valence-electron chi connectivity index (χ3n) is 3.78. The van der Waals surface area contributed by atoms with Crippen LogP contribution in [-0.4, -0.2) is 21.0 Å². The lowest BCUT2D eigenvalue weighted by molar-refractivity contribution is 0.278. The summed E-state index contributed by atoms with van der Waals surface area (Å²) in [6.07, 6.45) is 8.73. The number of hydrogen-bond donors (Lipinski definition) is 1. The second-order valence-corrected chi connectivity index (χ2v) is 5.54. The number of halogens is 1. The summed E-state index contributed by atoms with van der Waals surface area (Å²) in [5, 5.41) is 3.59. The van der Waals surface area contributed by atoms with Crippen molar-refractivity contribution in [1.82, 2.24) is 9.55 Å². The van der Waals surface area contributed by atoms with Gasteiger partial charge < -0.3 is 9.88 Å². The molecule has 0 aliphatic heterocycles. The first-order valence-corrected chi connectivity index (χ1v) is 7.08. The van der Waals surface area contributed by atoms with Gasteiger partial charge in [0.2, 0.25) is 5.95 Å². The van der Waals surface area contributed by atoms with Gasteiger partial charge >= 0.3 is 0 Å². The third-order valence-corrected chi connectivity index (χ3v) is 4.29. The van der Waals surface area contributed by atoms with Crippen molar-refractivity contribution >= 4 is 17.5 Å². The van der Waals surface area contributed by atoms with Crippen molar-refractivity contribution in [1.29, 1.82) is 0 Å². The Labute approximate surface area is 109 Å². The third kappa shape index (κ3) is 2.76. The van der Waals surface area contributed by atoms with Gasteiger partial charge in [0.05, 0.1) is 5.54 Å². The molecule has 0 amide bonds. The van der Waals surface area contributed by atoms with Crippen molar-refractivity contribution in [2.45, 2.75) is 51.6 Å². The number of hydrogen-bond acceptors (Lipinski definition) is 2. The van der Waals surface area contributed by atoms with Gasteiger partial charge in [0, 0.05) is 24.8 Å². The zero-order valence-electron chi connectivity index (χ0n) is 10.7. The lowest BCUT2D eigenvalue weighted by Gasteiger charge is -2.39. The number of rotatable bonds is 4. The molecular weight excluding hydrogens is 234 g/mol. The van der Waals surface area contributed by atoms with Crippen molar-refractivity contribution < 1.29 is 0 Å². The normalized spacial score (nSPS) is 29.2.